The Hall–Kier alpha value is -3.17. The van der Waals surface area contributed by atoms with Gasteiger partial charge >= 0.3 is 5.97 Å². The summed E-state index contributed by atoms with van der Waals surface area (Å²) < 4.78 is 18.1. The summed E-state index contributed by atoms with van der Waals surface area (Å²) in [7, 11) is 2.09. The zero-order chi connectivity index (χ0) is 34.3. The van der Waals surface area contributed by atoms with Crippen LogP contribution in [0.5, 0.6) is 0 Å². The van der Waals surface area contributed by atoms with Crippen LogP contribution >= 0.6 is 11.6 Å². The SMILES string of the molecule is CN1CCc2cc3c(cc21)[Si](C)(C)c1cc2c(cc1C31OC(=O)c3ccc(C(=O)CCCOCCOCCCCCCCl)cc31)CCN2C. The van der Waals surface area contributed by atoms with Crippen molar-refractivity contribution in [2.75, 3.05) is 69.3 Å². The van der Waals surface area contributed by atoms with E-state index < -0.39 is 13.7 Å². The predicted octanol–water partition coefficient (Wildman–Crippen LogP) is 6.06. The van der Waals surface area contributed by atoms with Gasteiger partial charge in [0.15, 0.2) is 11.4 Å². The Kier molecular flexibility index (Phi) is 9.70. The summed E-state index contributed by atoms with van der Waals surface area (Å²) in [6, 6.07) is 15.0. The molecular weight excluding hydrogens is 652 g/mol. The van der Waals surface area contributed by atoms with Crippen LogP contribution in [0.2, 0.25) is 13.1 Å². The average molecular weight is 701 g/mol. The molecule has 4 heterocycles. The minimum Gasteiger partial charge on any atom is -0.441 e. The fourth-order valence-electron chi connectivity index (χ4n) is 8.39. The molecule has 4 aliphatic heterocycles. The van der Waals surface area contributed by atoms with Crippen molar-refractivity contribution >= 4 is 53.2 Å². The van der Waals surface area contributed by atoms with Gasteiger partial charge in [-0.15, -0.1) is 11.6 Å². The maximum atomic E-state index is 13.8. The van der Waals surface area contributed by atoms with E-state index in [9.17, 15) is 9.59 Å². The first-order valence-electron chi connectivity index (χ1n) is 18.1. The van der Waals surface area contributed by atoms with Crippen LogP contribution in [0.1, 0.15) is 87.1 Å². The molecule has 7 rings (SSSR count). The van der Waals surface area contributed by atoms with E-state index >= 15 is 0 Å². The molecule has 0 bridgehead atoms. The molecule has 0 amide bonds. The van der Waals surface area contributed by atoms with Gasteiger partial charge in [0.2, 0.25) is 0 Å². The number of Topliss-reactive ketones (excluding diaryl/α,β-unsaturated/α-hetero) is 1. The van der Waals surface area contributed by atoms with Gasteiger partial charge < -0.3 is 24.0 Å². The molecular formula is C40H49ClN2O5Si. The second kappa shape index (κ2) is 13.9. The summed E-state index contributed by atoms with van der Waals surface area (Å²) in [6.07, 6.45) is 7.29. The lowest BCUT2D eigenvalue weighted by atomic mass is 9.77. The lowest BCUT2D eigenvalue weighted by Gasteiger charge is -2.44. The molecule has 49 heavy (non-hydrogen) atoms. The Balaban J connectivity index is 1.16. The number of ether oxygens (including phenoxy) is 3. The van der Waals surface area contributed by atoms with E-state index in [4.69, 9.17) is 25.8 Å². The smallest absolute Gasteiger partial charge is 0.340 e. The molecule has 0 N–H and O–H groups in total. The maximum Gasteiger partial charge on any atom is 0.340 e. The van der Waals surface area contributed by atoms with Gasteiger partial charge in [0, 0.05) is 86.3 Å². The highest BCUT2D eigenvalue weighted by molar-refractivity contribution is 7.01. The summed E-state index contributed by atoms with van der Waals surface area (Å²) >= 11 is 5.73. The number of unbranched alkanes of at least 4 members (excludes halogenated alkanes) is 3. The second-order valence-corrected chi connectivity index (χ2v) is 19.4. The number of anilines is 2. The molecule has 3 aromatic carbocycles. The Morgan fingerprint density at radius 3 is 2.00 bits per heavy atom. The summed E-state index contributed by atoms with van der Waals surface area (Å²) in [5, 5.41) is 2.61. The van der Waals surface area contributed by atoms with Crippen molar-refractivity contribution in [2.24, 2.45) is 0 Å². The van der Waals surface area contributed by atoms with Crippen molar-refractivity contribution < 1.29 is 23.8 Å². The maximum absolute atomic E-state index is 13.8. The molecule has 0 fully saturated rings. The third kappa shape index (κ3) is 6.02. The molecule has 0 unspecified atom stereocenters. The van der Waals surface area contributed by atoms with E-state index in [1.54, 1.807) is 6.07 Å². The van der Waals surface area contributed by atoms with Crippen molar-refractivity contribution in [1.29, 1.82) is 0 Å². The van der Waals surface area contributed by atoms with Gasteiger partial charge in [-0.05, 0) is 90.0 Å². The van der Waals surface area contributed by atoms with Gasteiger partial charge in [0.25, 0.3) is 0 Å². The Morgan fingerprint density at radius 2 is 1.39 bits per heavy atom. The molecule has 4 aliphatic rings. The Labute approximate surface area is 296 Å². The van der Waals surface area contributed by atoms with Crippen molar-refractivity contribution in [2.45, 2.75) is 70.1 Å². The number of fused-ring (bicyclic) bond motifs is 8. The van der Waals surface area contributed by atoms with Gasteiger partial charge in [0.05, 0.1) is 18.8 Å². The van der Waals surface area contributed by atoms with Crippen LogP contribution in [0.15, 0.2) is 42.5 Å². The van der Waals surface area contributed by atoms with Crippen LogP contribution in [0.25, 0.3) is 0 Å². The minimum atomic E-state index is -2.23. The van der Waals surface area contributed by atoms with Crippen molar-refractivity contribution in [3.8, 4) is 0 Å². The third-order valence-corrected chi connectivity index (χ3v) is 15.0. The minimum absolute atomic E-state index is 0.0474. The lowest BCUT2D eigenvalue weighted by Crippen LogP contribution is -2.63. The van der Waals surface area contributed by atoms with E-state index in [2.05, 4.69) is 61.3 Å². The third-order valence-electron chi connectivity index (χ3n) is 11.2. The Morgan fingerprint density at radius 1 is 0.796 bits per heavy atom. The van der Waals surface area contributed by atoms with Crippen LogP contribution < -0.4 is 20.2 Å². The van der Waals surface area contributed by atoms with Gasteiger partial charge in [-0.25, -0.2) is 4.79 Å². The molecule has 0 radical (unpaired) electrons. The zero-order valence-electron chi connectivity index (χ0n) is 29.5. The normalized spacial score (nSPS) is 17.5. The first kappa shape index (κ1) is 34.3. The lowest BCUT2D eigenvalue weighted by molar-refractivity contribution is 0.0254. The Bertz CT molecular complexity index is 1700. The van der Waals surface area contributed by atoms with E-state index in [0.29, 0.717) is 43.8 Å². The largest absolute Gasteiger partial charge is 0.441 e. The topological polar surface area (TPSA) is 68.3 Å². The first-order valence-corrected chi connectivity index (χ1v) is 21.6. The summed E-state index contributed by atoms with van der Waals surface area (Å²) in [4.78, 5) is 32.1. The predicted molar refractivity (Wildman–Crippen MR) is 200 cm³/mol. The highest BCUT2D eigenvalue weighted by Gasteiger charge is 2.57. The van der Waals surface area contributed by atoms with E-state index in [1.165, 1.54) is 32.9 Å². The van der Waals surface area contributed by atoms with E-state index in [1.807, 2.05) is 12.1 Å². The van der Waals surface area contributed by atoms with Gasteiger partial charge in [-0.1, -0.05) is 32.0 Å². The molecule has 260 valence electrons. The number of alkyl halides is 1. The standard InChI is InChI=1S/C40H49ClN2O5Si/c1-42-16-13-27-22-32-37(25-34(27)42)49(3,4)38-26-35-28(14-17-43(35)2)23-33(38)40(32)31-24-29(11-12-30(31)39(45)48-40)36(44)10-9-19-47-21-20-46-18-8-6-5-7-15-41/h11-12,22-26H,5-10,13-21H2,1-4H3. The monoisotopic (exact) mass is 700 g/mol. The summed E-state index contributed by atoms with van der Waals surface area (Å²) in [6.45, 7) is 9.12. The molecule has 0 saturated heterocycles. The van der Waals surface area contributed by atoms with Crippen LogP contribution in [-0.4, -0.2) is 79.3 Å². The highest BCUT2D eigenvalue weighted by Crippen LogP contribution is 2.51. The number of carbonyl (C=O) groups excluding carboxylic acids is 2. The number of hydrogen-bond donors (Lipinski definition) is 0. The molecule has 0 saturated carbocycles. The summed E-state index contributed by atoms with van der Waals surface area (Å²) in [5.41, 5.74) is 8.16. The number of benzene rings is 3. The van der Waals surface area contributed by atoms with Crippen molar-refractivity contribution in [1.82, 2.24) is 0 Å². The number of rotatable bonds is 14. The zero-order valence-corrected chi connectivity index (χ0v) is 31.2. The number of nitrogens with zero attached hydrogens (tertiary/aromatic N) is 2. The molecule has 9 heteroatoms. The molecule has 1 spiro atoms. The van der Waals surface area contributed by atoms with Crippen molar-refractivity contribution in [3.05, 3.63) is 81.4 Å². The van der Waals surface area contributed by atoms with Crippen LogP contribution in [0, 0.1) is 0 Å². The quantitative estimate of drug-likeness (QED) is 0.0666. The number of ketones is 1. The number of likely N-dealkylation sites (N-methyl/N-ethyl adjacent to an activating group) is 2. The molecule has 0 atom stereocenters. The molecule has 7 nitrogen and oxygen atoms in total. The summed E-state index contributed by atoms with van der Waals surface area (Å²) in [5.74, 6) is 0.445. The van der Waals surface area contributed by atoms with Crippen LogP contribution in [-0.2, 0) is 32.7 Å². The van der Waals surface area contributed by atoms with Gasteiger partial charge in [-0.2, -0.15) is 0 Å². The van der Waals surface area contributed by atoms with Crippen molar-refractivity contribution in [3.63, 3.8) is 0 Å². The fraction of sp³-hybridized carbons (Fsp3) is 0.500. The molecule has 3 aromatic rings. The highest BCUT2D eigenvalue weighted by atomic mass is 35.5. The van der Waals surface area contributed by atoms with E-state index in [-0.39, 0.29) is 11.8 Å². The number of esters is 1. The van der Waals surface area contributed by atoms with E-state index in [0.717, 1.165) is 80.8 Å². The van der Waals surface area contributed by atoms with Gasteiger partial charge in [0.1, 0.15) is 8.07 Å². The number of halogens is 1. The number of carbonyl (C=O) groups is 2. The molecule has 0 aliphatic carbocycles. The number of hydrogen-bond acceptors (Lipinski definition) is 7. The second-order valence-electron chi connectivity index (χ2n) is 14.7. The van der Waals surface area contributed by atoms with Crippen LogP contribution in [0.4, 0.5) is 11.4 Å². The first-order chi connectivity index (χ1) is 23.7. The van der Waals surface area contributed by atoms with Gasteiger partial charge in [-0.3, -0.25) is 4.79 Å². The van der Waals surface area contributed by atoms with Crippen LogP contribution in [0.3, 0.4) is 0 Å². The average Bonchev–Trinajstić information content (AvgIpc) is 3.75. The fourth-order valence-corrected chi connectivity index (χ4v) is 11.7. The molecule has 0 aromatic heterocycles.